The lowest BCUT2D eigenvalue weighted by Crippen LogP contribution is -2.24. The van der Waals surface area contributed by atoms with E-state index in [4.69, 9.17) is 9.84 Å². The third-order valence-electron chi connectivity index (χ3n) is 3.52. The van der Waals surface area contributed by atoms with Gasteiger partial charge in [0, 0.05) is 13.2 Å². The summed E-state index contributed by atoms with van der Waals surface area (Å²) in [6.45, 7) is 3.66. The predicted molar refractivity (Wildman–Crippen MR) is 90.7 cm³/mol. The molecule has 126 valence electrons. The first kappa shape index (κ1) is 17.7. The van der Waals surface area contributed by atoms with Crippen molar-refractivity contribution in [3.63, 3.8) is 0 Å². The Morgan fingerprint density at radius 3 is 2.42 bits per heavy atom. The van der Waals surface area contributed by atoms with E-state index in [2.05, 4.69) is 5.32 Å². The lowest BCUT2D eigenvalue weighted by atomic mass is 10.1. The van der Waals surface area contributed by atoms with Gasteiger partial charge in [0.25, 0.3) is 0 Å². The maximum absolute atomic E-state index is 12.0. The van der Waals surface area contributed by atoms with Crippen LogP contribution in [-0.2, 0) is 29.1 Å². The molecule has 5 heteroatoms. The van der Waals surface area contributed by atoms with Crippen LogP contribution in [0.1, 0.15) is 34.0 Å². The zero-order valence-corrected chi connectivity index (χ0v) is 13.6. The summed E-state index contributed by atoms with van der Waals surface area (Å²) in [5.41, 5.74) is 2.96. The van der Waals surface area contributed by atoms with E-state index in [1.807, 2.05) is 31.2 Å². The molecule has 0 atom stereocenters. The van der Waals surface area contributed by atoms with E-state index in [1.165, 1.54) is 12.1 Å². The van der Waals surface area contributed by atoms with Gasteiger partial charge in [0.1, 0.15) is 0 Å². The number of carboxylic acids is 1. The largest absolute Gasteiger partial charge is 0.478 e. The van der Waals surface area contributed by atoms with Crippen LogP contribution in [0, 0.1) is 0 Å². The molecule has 0 aromatic heterocycles. The number of nitrogens with one attached hydrogen (secondary N) is 1. The summed E-state index contributed by atoms with van der Waals surface area (Å²) in [5.74, 6) is -1.14. The van der Waals surface area contributed by atoms with Gasteiger partial charge in [-0.25, -0.2) is 4.79 Å². The molecule has 0 saturated carbocycles. The number of carbonyl (C=O) groups excluding carboxylic acids is 1. The number of amides is 1. The number of ether oxygens (including phenoxy) is 1. The van der Waals surface area contributed by atoms with Crippen LogP contribution in [0.25, 0.3) is 0 Å². The molecule has 2 aromatic carbocycles. The molecule has 0 aliphatic heterocycles. The van der Waals surface area contributed by atoms with Crippen LogP contribution in [0.2, 0.25) is 0 Å². The first-order valence-electron chi connectivity index (χ1n) is 7.83. The number of carboxylic acid groups (broad SMARTS) is 1. The highest BCUT2D eigenvalue weighted by atomic mass is 16.5. The van der Waals surface area contributed by atoms with Crippen molar-refractivity contribution >= 4 is 11.9 Å². The minimum atomic E-state index is -0.996. The van der Waals surface area contributed by atoms with Gasteiger partial charge in [-0.1, -0.05) is 36.4 Å². The fraction of sp³-hybridized carbons (Fsp3) is 0.263. The summed E-state index contributed by atoms with van der Waals surface area (Å²) in [6.07, 6.45) is 0.156. The lowest BCUT2D eigenvalue weighted by molar-refractivity contribution is -0.120. The summed E-state index contributed by atoms with van der Waals surface area (Å²) in [5, 5.41) is 11.8. The average molecular weight is 327 g/mol. The van der Waals surface area contributed by atoms with E-state index < -0.39 is 5.97 Å². The fourth-order valence-electron chi connectivity index (χ4n) is 2.24. The Labute approximate surface area is 141 Å². The van der Waals surface area contributed by atoms with Crippen LogP contribution < -0.4 is 5.32 Å². The van der Waals surface area contributed by atoms with Gasteiger partial charge in [0.05, 0.1) is 18.6 Å². The average Bonchev–Trinajstić information content (AvgIpc) is 2.59. The molecule has 1 amide bonds. The third-order valence-corrected chi connectivity index (χ3v) is 3.52. The molecule has 2 aromatic rings. The van der Waals surface area contributed by atoms with Crippen LogP contribution in [0.4, 0.5) is 0 Å². The molecular weight excluding hydrogens is 306 g/mol. The van der Waals surface area contributed by atoms with Crippen LogP contribution in [0.5, 0.6) is 0 Å². The monoisotopic (exact) mass is 327 g/mol. The summed E-state index contributed by atoms with van der Waals surface area (Å²) >= 11 is 0. The van der Waals surface area contributed by atoms with Gasteiger partial charge >= 0.3 is 5.97 Å². The predicted octanol–water partition coefficient (Wildman–Crippen LogP) is 2.78. The van der Waals surface area contributed by atoms with Crippen molar-refractivity contribution in [2.75, 3.05) is 6.61 Å². The molecule has 5 nitrogen and oxygen atoms in total. The third kappa shape index (κ3) is 5.52. The van der Waals surface area contributed by atoms with Crippen molar-refractivity contribution in [2.45, 2.75) is 26.5 Å². The van der Waals surface area contributed by atoms with Gasteiger partial charge in [0.2, 0.25) is 5.91 Å². The number of hydrogen-bond acceptors (Lipinski definition) is 3. The fourth-order valence-corrected chi connectivity index (χ4v) is 2.24. The normalized spacial score (nSPS) is 10.4. The Kier molecular flexibility index (Phi) is 6.51. The van der Waals surface area contributed by atoms with Crippen molar-refractivity contribution in [2.24, 2.45) is 0 Å². The van der Waals surface area contributed by atoms with E-state index in [0.29, 0.717) is 25.3 Å². The van der Waals surface area contributed by atoms with E-state index >= 15 is 0 Å². The maximum atomic E-state index is 12.0. The number of carbonyl (C=O) groups is 2. The number of rotatable bonds is 8. The van der Waals surface area contributed by atoms with Crippen molar-refractivity contribution in [1.29, 1.82) is 0 Å². The lowest BCUT2D eigenvalue weighted by Gasteiger charge is -2.07. The quantitative estimate of drug-likeness (QED) is 0.782. The van der Waals surface area contributed by atoms with Crippen LogP contribution in [0.3, 0.4) is 0 Å². The summed E-state index contributed by atoms with van der Waals surface area (Å²) in [7, 11) is 0. The van der Waals surface area contributed by atoms with Crippen molar-refractivity contribution in [3.8, 4) is 0 Å². The molecule has 0 unspecified atom stereocenters. The minimum Gasteiger partial charge on any atom is -0.478 e. The van der Waals surface area contributed by atoms with Crippen LogP contribution in [0.15, 0.2) is 48.5 Å². The maximum Gasteiger partial charge on any atom is 0.335 e. The van der Waals surface area contributed by atoms with Gasteiger partial charge in [0.15, 0.2) is 0 Å². The molecule has 0 fully saturated rings. The summed E-state index contributed by atoms with van der Waals surface area (Å²) in [6, 6.07) is 14.3. The van der Waals surface area contributed by atoms with Gasteiger partial charge in [-0.2, -0.15) is 0 Å². The Bertz CT molecular complexity index is 695. The van der Waals surface area contributed by atoms with Crippen LogP contribution >= 0.6 is 0 Å². The molecule has 0 heterocycles. The molecule has 0 spiro atoms. The molecule has 24 heavy (non-hydrogen) atoms. The van der Waals surface area contributed by atoms with Crippen molar-refractivity contribution in [1.82, 2.24) is 5.32 Å². The topological polar surface area (TPSA) is 75.6 Å². The van der Waals surface area contributed by atoms with E-state index in [1.54, 1.807) is 12.1 Å². The highest BCUT2D eigenvalue weighted by molar-refractivity contribution is 5.88. The zero-order chi connectivity index (χ0) is 17.4. The van der Waals surface area contributed by atoms with Crippen molar-refractivity contribution in [3.05, 3.63) is 70.8 Å². The van der Waals surface area contributed by atoms with Crippen molar-refractivity contribution < 1.29 is 19.4 Å². The molecule has 0 bridgehead atoms. The second-order valence-electron chi connectivity index (χ2n) is 5.41. The first-order valence-corrected chi connectivity index (χ1v) is 7.83. The standard InChI is InChI=1S/C19H21NO4/c1-2-24-13-15-8-6-14(7-9-15)12-20-18(21)11-16-4-3-5-17(10-16)19(22)23/h3-10H,2,11-13H2,1H3,(H,20,21)(H,22,23). The SMILES string of the molecule is CCOCc1ccc(CNC(=O)Cc2cccc(C(=O)O)c2)cc1. The zero-order valence-electron chi connectivity index (χ0n) is 13.6. The second-order valence-corrected chi connectivity index (χ2v) is 5.41. The van der Waals surface area contributed by atoms with Gasteiger partial charge in [-0.3, -0.25) is 4.79 Å². The molecule has 2 N–H and O–H groups in total. The number of aromatic carboxylic acids is 1. The summed E-state index contributed by atoms with van der Waals surface area (Å²) < 4.78 is 5.34. The molecule has 0 aliphatic carbocycles. The summed E-state index contributed by atoms with van der Waals surface area (Å²) in [4.78, 5) is 22.9. The highest BCUT2D eigenvalue weighted by Gasteiger charge is 2.07. The molecule has 0 radical (unpaired) electrons. The molecule has 0 saturated heterocycles. The van der Waals surface area contributed by atoms with E-state index in [0.717, 1.165) is 11.1 Å². The van der Waals surface area contributed by atoms with Gasteiger partial charge in [-0.05, 0) is 35.7 Å². The molecule has 0 aliphatic rings. The van der Waals surface area contributed by atoms with Crippen LogP contribution in [-0.4, -0.2) is 23.6 Å². The molecule has 2 rings (SSSR count). The van der Waals surface area contributed by atoms with E-state index in [9.17, 15) is 9.59 Å². The Morgan fingerprint density at radius 1 is 1.04 bits per heavy atom. The smallest absolute Gasteiger partial charge is 0.335 e. The Hall–Kier alpha value is -2.66. The Balaban J connectivity index is 1.84. The second kappa shape index (κ2) is 8.84. The highest BCUT2D eigenvalue weighted by Crippen LogP contribution is 2.08. The Morgan fingerprint density at radius 2 is 1.75 bits per heavy atom. The van der Waals surface area contributed by atoms with E-state index in [-0.39, 0.29) is 17.9 Å². The van der Waals surface area contributed by atoms with Gasteiger partial charge < -0.3 is 15.2 Å². The number of hydrogen-bond donors (Lipinski definition) is 2. The molecular formula is C19H21NO4. The number of benzene rings is 2. The minimum absolute atomic E-state index is 0.143. The first-order chi connectivity index (χ1) is 11.6. The van der Waals surface area contributed by atoms with Gasteiger partial charge in [-0.15, -0.1) is 0 Å².